The maximum absolute atomic E-state index is 11.7. The first-order chi connectivity index (χ1) is 7.97. The van der Waals surface area contributed by atoms with Crippen LogP contribution in [0.15, 0.2) is 0 Å². The second-order valence-electron chi connectivity index (χ2n) is 5.51. The Bertz CT molecular complexity index is 308. The molecule has 1 aliphatic carbocycles. The molecule has 0 spiro atoms. The number of rotatable bonds is 7. The maximum Gasteiger partial charge on any atom is 0.211 e. The third-order valence-electron chi connectivity index (χ3n) is 3.65. The van der Waals surface area contributed by atoms with Gasteiger partial charge in [-0.1, -0.05) is 26.2 Å². The van der Waals surface area contributed by atoms with Crippen molar-refractivity contribution in [1.29, 1.82) is 0 Å². The molecule has 0 aromatic heterocycles. The smallest absolute Gasteiger partial charge is 0.211 e. The average molecular weight is 262 g/mol. The number of unbranched alkanes of at least 4 members (excludes halogenated alkanes) is 1. The summed E-state index contributed by atoms with van der Waals surface area (Å²) < 4.78 is 26.2. The molecule has 0 aromatic carbocycles. The lowest BCUT2D eigenvalue weighted by molar-refractivity contribution is 0.219. The predicted octanol–water partition coefficient (Wildman–Crippen LogP) is 1.62. The third-order valence-corrected chi connectivity index (χ3v) is 5.06. The Morgan fingerprint density at radius 2 is 1.82 bits per heavy atom. The van der Waals surface area contributed by atoms with E-state index >= 15 is 0 Å². The molecule has 17 heavy (non-hydrogen) atoms. The van der Waals surface area contributed by atoms with Crippen LogP contribution < -0.4 is 10.5 Å². The summed E-state index contributed by atoms with van der Waals surface area (Å²) in [5, 5.41) is 0. The van der Waals surface area contributed by atoms with Crippen molar-refractivity contribution in [3.05, 3.63) is 0 Å². The van der Waals surface area contributed by atoms with Crippen LogP contribution in [-0.2, 0) is 10.0 Å². The van der Waals surface area contributed by atoms with Crippen molar-refractivity contribution in [3.63, 3.8) is 0 Å². The summed E-state index contributed by atoms with van der Waals surface area (Å²) in [6, 6.07) is 0. The number of sulfonamides is 1. The Labute approximate surface area is 105 Å². The van der Waals surface area contributed by atoms with E-state index in [4.69, 9.17) is 5.73 Å². The van der Waals surface area contributed by atoms with Crippen LogP contribution in [0.2, 0.25) is 0 Å². The van der Waals surface area contributed by atoms with Crippen molar-refractivity contribution in [2.75, 3.05) is 18.8 Å². The fraction of sp³-hybridized carbons (Fsp3) is 1.00. The molecule has 0 aromatic rings. The maximum atomic E-state index is 11.7. The standard InChI is InChI=1S/C12H26N2O2S/c1-12(7-3-2-4-8-12)11-14-17(15,16)10-6-5-9-13/h14H,2-11,13H2,1H3. The van der Waals surface area contributed by atoms with Gasteiger partial charge in [0.1, 0.15) is 0 Å². The molecule has 1 saturated carbocycles. The molecule has 1 aliphatic rings. The normalized spacial score (nSPS) is 20.4. The predicted molar refractivity (Wildman–Crippen MR) is 71.3 cm³/mol. The minimum absolute atomic E-state index is 0.166. The molecule has 4 nitrogen and oxygen atoms in total. The highest BCUT2D eigenvalue weighted by molar-refractivity contribution is 7.89. The van der Waals surface area contributed by atoms with Crippen molar-refractivity contribution in [3.8, 4) is 0 Å². The van der Waals surface area contributed by atoms with Crippen molar-refractivity contribution < 1.29 is 8.42 Å². The number of nitrogens with two attached hydrogens (primary N) is 1. The second kappa shape index (κ2) is 6.71. The Morgan fingerprint density at radius 3 is 2.41 bits per heavy atom. The molecule has 0 radical (unpaired) electrons. The third kappa shape index (κ3) is 5.84. The first kappa shape index (κ1) is 14.9. The SMILES string of the molecule is CC1(CNS(=O)(=O)CCCCN)CCCCC1. The summed E-state index contributed by atoms with van der Waals surface area (Å²) in [5.74, 6) is 0.209. The Morgan fingerprint density at radius 1 is 1.18 bits per heavy atom. The fourth-order valence-electron chi connectivity index (χ4n) is 2.37. The van der Waals surface area contributed by atoms with E-state index in [1.165, 1.54) is 19.3 Å². The van der Waals surface area contributed by atoms with E-state index in [-0.39, 0.29) is 11.2 Å². The second-order valence-corrected chi connectivity index (χ2v) is 7.43. The van der Waals surface area contributed by atoms with Gasteiger partial charge in [-0.3, -0.25) is 0 Å². The molecule has 102 valence electrons. The lowest BCUT2D eigenvalue weighted by Gasteiger charge is -2.33. The molecule has 1 fully saturated rings. The molecule has 3 N–H and O–H groups in total. The Kier molecular flexibility index (Phi) is 5.89. The zero-order valence-electron chi connectivity index (χ0n) is 10.9. The van der Waals surface area contributed by atoms with Gasteiger partial charge in [-0.25, -0.2) is 13.1 Å². The summed E-state index contributed by atoms with van der Waals surface area (Å²) in [6.07, 6.45) is 7.45. The quantitative estimate of drug-likeness (QED) is 0.685. The van der Waals surface area contributed by atoms with Gasteiger partial charge < -0.3 is 5.73 Å². The van der Waals surface area contributed by atoms with E-state index in [9.17, 15) is 8.42 Å². The molecule has 0 heterocycles. The van der Waals surface area contributed by atoms with Gasteiger partial charge in [0.05, 0.1) is 5.75 Å². The Balaban J connectivity index is 2.32. The van der Waals surface area contributed by atoms with Crippen LogP contribution in [0.1, 0.15) is 51.9 Å². The summed E-state index contributed by atoms with van der Waals surface area (Å²) in [6.45, 7) is 3.35. The molecule has 1 rings (SSSR count). The van der Waals surface area contributed by atoms with Gasteiger partial charge in [0.25, 0.3) is 0 Å². The van der Waals surface area contributed by atoms with Crippen molar-refractivity contribution >= 4 is 10.0 Å². The van der Waals surface area contributed by atoms with Crippen molar-refractivity contribution in [2.24, 2.45) is 11.1 Å². The number of nitrogens with one attached hydrogen (secondary N) is 1. The summed E-state index contributed by atoms with van der Waals surface area (Å²) >= 11 is 0. The zero-order chi connectivity index (χ0) is 12.8. The molecular formula is C12H26N2O2S. The first-order valence-electron chi connectivity index (χ1n) is 6.65. The van der Waals surface area contributed by atoms with Crippen LogP contribution in [0.3, 0.4) is 0 Å². The lowest BCUT2D eigenvalue weighted by Crippen LogP contribution is -2.38. The van der Waals surface area contributed by atoms with E-state index in [2.05, 4.69) is 11.6 Å². The van der Waals surface area contributed by atoms with Gasteiger partial charge in [-0.2, -0.15) is 0 Å². The monoisotopic (exact) mass is 262 g/mol. The minimum Gasteiger partial charge on any atom is -0.330 e. The highest BCUT2D eigenvalue weighted by atomic mass is 32.2. The molecule has 0 unspecified atom stereocenters. The van der Waals surface area contributed by atoms with Gasteiger partial charge in [0, 0.05) is 6.54 Å². The number of hydrogen-bond donors (Lipinski definition) is 2. The highest BCUT2D eigenvalue weighted by Crippen LogP contribution is 2.35. The van der Waals surface area contributed by atoms with Crippen LogP contribution in [-0.4, -0.2) is 27.3 Å². The van der Waals surface area contributed by atoms with E-state index in [1.807, 2.05) is 0 Å². The fourth-order valence-corrected chi connectivity index (χ4v) is 3.67. The number of hydrogen-bond acceptors (Lipinski definition) is 3. The summed E-state index contributed by atoms with van der Waals surface area (Å²) in [7, 11) is -3.10. The van der Waals surface area contributed by atoms with Gasteiger partial charge in [-0.05, 0) is 37.6 Å². The molecular weight excluding hydrogens is 236 g/mol. The molecule has 0 amide bonds. The largest absolute Gasteiger partial charge is 0.330 e. The minimum atomic E-state index is -3.10. The molecule has 0 aliphatic heterocycles. The van der Waals surface area contributed by atoms with Crippen LogP contribution in [0.4, 0.5) is 0 Å². The van der Waals surface area contributed by atoms with Crippen LogP contribution in [0.5, 0.6) is 0 Å². The zero-order valence-corrected chi connectivity index (χ0v) is 11.7. The van der Waals surface area contributed by atoms with E-state index < -0.39 is 10.0 Å². The molecule has 5 heteroatoms. The average Bonchev–Trinajstić information content (AvgIpc) is 2.28. The molecule has 0 bridgehead atoms. The van der Waals surface area contributed by atoms with Gasteiger partial charge >= 0.3 is 0 Å². The van der Waals surface area contributed by atoms with Gasteiger partial charge in [0.2, 0.25) is 10.0 Å². The molecule has 0 saturated heterocycles. The summed E-state index contributed by atoms with van der Waals surface area (Å²) in [5.41, 5.74) is 5.52. The lowest BCUT2D eigenvalue weighted by atomic mass is 9.76. The topological polar surface area (TPSA) is 72.2 Å². The van der Waals surface area contributed by atoms with Crippen LogP contribution >= 0.6 is 0 Å². The Hall–Kier alpha value is -0.130. The van der Waals surface area contributed by atoms with E-state index in [1.54, 1.807) is 0 Å². The highest BCUT2D eigenvalue weighted by Gasteiger charge is 2.28. The van der Waals surface area contributed by atoms with Crippen LogP contribution in [0, 0.1) is 5.41 Å². The van der Waals surface area contributed by atoms with Gasteiger partial charge in [0.15, 0.2) is 0 Å². The van der Waals surface area contributed by atoms with E-state index in [0.717, 1.165) is 19.3 Å². The van der Waals surface area contributed by atoms with Crippen LogP contribution in [0.25, 0.3) is 0 Å². The van der Waals surface area contributed by atoms with E-state index in [0.29, 0.717) is 19.5 Å². The van der Waals surface area contributed by atoms with Crippen molar-refractivity contribution in [2.45, 2.75) is 51.9 Å². The summed E-state index contributed by atoms with van der Waals surface area (Å²) in [4.78, 5) is 0. The molecule has 0 atom stereocenters. The van der Waals surface area contributed by atoms with Crippen molar-refractivity contribution in [1.82, 2.24) is 4.72 Å². The first-order valence-corrected chi connectivity index (χ1v) is 8.30. The van der Waals surface area contributed by atoms with Gasteiger partial charge in [-0.15, -0.1) is 0 Å².